The number of ether oxygens (including phenoxy) is 2. The predicted octanol–water partition coefficient (Wildman–Crippen LogP) is 5.53. The molecule has 4 rings (SSSR count). The van der Waals surface area contributed by atoms with E-state index in [1.165, 1.54) is 12.1 Å². The number of alkyl halides is 3. The Hall–Kier alpha value is -2.00. The molecule has 1 saturated heterocycles. The quantitative estimate of drug-likeness (QED) is 0.590. The summed E-state index contributed by atoms with van der Waals surface area (Å²) in [6.45, 7) is 8.38. The third-order valence-electron chi connectivity index (χ3n) is 6.70. The van der Waals surface area contributed by atoms with Crippen LogP contribution in [0.3, 0.4) is 0 Å². The summed E-state index contributed by atoms with van der Waals surface area (Å²) in [5, 5.41) is 21.6. The molecule has 2 N–H and O–H groups in total. The van der Waals surface area contributed by atoms with Crippen LogP contribution in [0.2, 0.25) is 0 Å². The second-order valence-electron chi connectivity index (χ2n) is 9.82. The summed E-state index contributed by atoms with van der Waals surface area (Å²) in [5.41, 5.74) is 2.38. The highest BCUT2D eigenvalue weighted by molar-refractivity contribution is 5.53. The van der Waals surface area contributed by atoms with Crippen molar-refractivity contribution < 1.29 is 32.9 Å². The molecule has 1 aromatic carbocycles. The zero-order valence-corrected chi connectivity index (χ0v) is 19.9. The molecule has 34 heavy (non-hydrogen) atoms. The molecule has 5 nitrogen and oxygen atoms in total. The molecule has 2 aliphatic heterocycles. The molecule has 0 bridgehead atoms. The molecule has 3 atom stereocenters. The molecule has 3 heterocycles. The van der Waals surface area contributed by atoms with Crippen molar-refractivity contribution in [3.63, 3.8) is 0 Å². The van der Waals surface area contributed by atoms with E-state index in [2.05, 4.69) is 13.8 Å². The number of aliphatic hydroxyl groups excluding tert-OH is 2. The monoisotopic (exact) mass is 479 g/mol. The van der Waals surface area contributed by atoms with Gasteiger partial charge in [-0.25, -0.2) is 0 Å². The van der Waals surface area contributed by atoms with Crippen molar-refractivity contribution in [2.45, 2.75) is 77.0 Å². The Morgan fingerprint density at radius 2 is 1.65 bits per heavy atom. The lowest BCUT2D eigenvalue weighted by Gasteiger charge is -2.36. The number of nitrogens with zero attached hydrogens (tertiary/aromatic N) is 1. The van der Waals surface area contributed by atoms with Crippen LogP contribution >= 0.6 is 0 Å². The first-order valence-electron chi connectivity index (χ1n) is 11.8. The predicted molar refractivity (Wildman–Crippen MR) is 120 cm³/mol. The van der Waals surface area contributed by atoms with E-state index in [0.29, 0.717) is 54.9 Å². The van der Waals surface area contributed by atoms with Gasteiger partial charge in [-0.1, -0.05) is 26.0 Å². The second kappa shape index (κ2) is 9.22. The van der Waals surface area contributed by atoms with Crippen LogP contribution in [0.1, 0.15) is 98.1 Å². The standard InChI is InChI=1S/C26H32F3NO4/c1-14(2)13-19-20(15(3)31)22-21(23(30-19)16(4)32)24(34-25(22)9-11-33-12-10-25)17-5-7-18(8-6-17)26(27,28)29/h5-8,14-16,24,31-32H,9-13H2,1-4H3. The van der Waals surface area contributed by atoms with Crippen molar-refractivity contribution in [3.8, 4) is 0 Å². The van der Waals surface area contributed by atoms with E-state index in [9.17, 15) is 23.4 Å². The maximum absolute atomic E-state index is 13.2. The largest absolute Gasteiger partial charge is 0.416 e. The number of rotatable bonds is 5. The lowest BCUT2D eigenvalue weighted by molar-refractivity contribution is -0.137. The molecule has 3 unspecified atom stereocenters. The fourth-order valence-corrected chi connectivity index (χ4v) is 5.24. The fraction of sp³-hybridized carbons (Fsp3) is 0.577. The summed E-state index contributed by atoms with van der Waals surface area (Å²) in [5.74, 6) is 0.267. The molecular weight excluding hydrogens is 447 g/mol. The SMILES string of the molecule is CC(C)Cc1nc(C(C)O)c2c(c1C(C)O)C1(CCOCC1)OC2c1ccc(C(F)(F)F)cc1. The molecule has 186 valence electrons. The number of hydrogen-bond donors (Lipinski definition) is 2. The maximum Gasteiger partial charge on any atom is 0.416 e. The van der Waals surface area contributed by atoms with Gasteiger partial charge in [-0.2, -0.15) is 13.2 Å². The summed E-state index contributed by atoms with van der Waals surface area (Å²) in [7, 11) is 0. The zero-order chi connectivity index (χ0) is 24.8. The highest BCUT2D eigenvalue weighted by atomic mass is 19.4. The second-order valence-corrected chi connectivity index (χ2v) is 9.82. The van der Waals surface area contributed by atoms with Crippen LogP contribution in [-0.2, 0) is 27.7 Å². The Morgan fingerprint density at radius 3 is 2.15 bits per heavy atom. The first-order chi connectivity index (χ1) is 15.9. The molecule has 2 aliphatic rings. The first kappa shape index (κ1) is 25.1. The van der Waals surface area contributed by atoms with Crippen molar-refractivity contribution in [2.75, 3.05) is 13.2 Å². The van der Waals surface area contributed by atoms with Gasteiger partial charge in [0.15, 0.2) is 0 Å². The summed E-state index contributed by atoms with van der Waals surface area (Å²) in [6, 6.07) is 4.94. The number of aliphatic hydroxyl groups is 2. The van der Waals surface area contributed by atoms with Crippen molar-refractivity contribution in [2.24, 2.45) is 5.92 Å². The first-order valence-corrected chi connectivity index (χ1v) is 11.8. The molecule has 1 spiro atoms. The van der Waals surface area contributed by atoms with Gasteiger partial charge >= 0.3 is 6.18 Å². The molecular formula is C26H32F3NO4. The Balaban J connectivity index is 1.97. The van der Waals surface area contributed by atoms with Gasteiger partial charge in [0.2, 0.25) is 0 Å². The number of benzene rings is 1. The lowest BCUT2D eigenvalue weighted by Crippen LogP contribution is -2.35. The molecule has 0 radical (unpaired) electrons. The number of halogens is 3. The summed E-state index contributed by atoms with van der Waals surface area (Å²) < 4.78 is 51.8. The Labute approximate surface area is 197 Å². The molecule has 0 amide bonds. The maximum atomic E-state index is 13.2. The number of pyridine rings is 1. The third kappa shape index (κ3) is 4.49. The number of fused-ring (bicyclic) bond motifs is 2. The fourth-order valence-electron chi connectivity index (χ4n) is 5.24. The topological polar surface area (TPSA) is 71.8 Å². The van der Waals surface area contributed by atoms with Crippen LogP contribution in [0.4, 0.5) is 13.2 Å². The third-order valence-corrected chi connectivity index (χ3v) is 6.70. The Morgan fingerprint density at radius 1 is 1.03 bits per heavy atom. The average Bonchev–Trinajstić information content (AvgIpc) is 3.06. The smallest absolute Gasteiger partial charge is 0.389 e. The zero-order valence-electron chi connectivity index (χ0n) is 19.9. The highest BCUT2D eigenvalue weighted by Crippen LogP contribution is 2.55. The normalized spacial score (nSPS) is 21.6. The van der Waals surface area contributed by atoms with Crippen molar-refractivity contribution in [3.05, 3.63) is 63.5 Å². The van der Waals surface area contributed by atoms with E-state index in [4.69, 9.17) is 14.5 Å². The summed E-state index contributed by atoms with van der Waals surface area (Å²) >= 11 is 0. The number of aromatic nitrogens is 1. The van der Waals surface area contributed by atoms with Gasteiger partial charge < -0.3 is 19.7 Å². The van der Waals surface area contributed by atoms with E-state index in [0.717, 1.165) is 23.4 Å². The van der Waals surface area contributed by atoms with Crippen LogP contribution < -0.4 is 0 Å². The van der Waals surface area contributed by atoms with E-state index in [1.807, 2.05) is 0 Å². The molecule has 0 saturated carbocycles. The summed E-state index contributed by atoms with van der Waals surface area (Å²) in [4.78, 5) is 4.81. The van der Waals surface area contributed by atoms with Gasteiger partial charge in [0.05, 0.1) is 29.1 Å². The molecule has 1 aromatic heterocycles. The molecule has 1 fully saturated rings. The minimum Gasteiger partial charge on any atom is -0.389 e. The lowest BCUT2D eigenvalue weighted by atomic mass is 9.78. The van der Waals surface area contributed by atoms with Crippen LogP contribution in [0.5, 0.6) is 0 Å². The van der Waals surface area contributed by atoms with E-state index < -0.39 is 35.7 Å². The van der Waals surface area contributed by atoms with Crippen molar-refractivity contribution >= 4 is 0 Å². The number of hydrogen-bond acceptors (Lipinski definition) is 5. The van der Waals surface area contributed by atoms with Crippen molar-refractivity contribution in [1.29, 1.82) is 0 Å². The molecule has 0 aliphatic carbocycles. The van der Waals surface area contributed by atoms with Gasteiger partial charge in [0, 0.05) is 42.9 Å². The van der Waals surface area contributed by atoms with E-state index in [-0.39, 0.29) is 5.92 Å². The van der Waals surface area contributed by atoms with Gasteiger partial charge in [0.1, 0.15) is 6.10 Å². The van der Waals surface area contributed by atoms with E-state index in [1.54, 1.807) is 13.8 Å². The van der Waals surface area contributed by atoms with Crippen LogP contribution in [-0.4, -0.2) is 28.4 Å². The highest BCUT2D eigenvalue weighted by Gasteiger charge is 2.51. The van der Waals surface area contributed by atoms with Gasteiger partial charge in [-0.3, -0.25) is 4.98 Å². The molecule has 2 aromatic rings. The van der Waals surface area contributed by atoms with Crippen LogP contribution in [0.15, 0.2) is 24.3 Å². The van der Waals surface area contributed by atoms with Crippen LogP contribution in [0, 0.1) is 5.92 Å². The van der Waals surface area contributed by atoms with Crippen molar-refractivity contribution in [1.82, 2.24) is 4.98 Å². The summed E-state index contributed by atoms with van der Waals surface area (Å²) in [6.07, 6.45) is -5.19. The average molecular weight is 480 g/mol. The van der Waals surface area contributed by atoms with Crippen LogP contribution in [0.25, 0.3) is 0 Å². The van der Waals surface area contributed by atoms with E-state index >= 15 is 0 Å². The van der Waals surface area contributed by atoms with Gasteiger partial charge in [-0.05, 0) is 49.4 Å². The minimum absolute atomic E-state index is 0.267. The minimum atomic E-state index is -4.44. The molecule has 8 heteroatoms. The Bertz CT molecular complexity index is 1030. The van der Waals surface area contributed by atoms with Gasteiger partial charge in [0.25, 0.3) is 0 Å². The van der Waals surface area contributed by atoms with Gasteiger partial charge in [-0.15, -0.1) is 0 Å². The Kier molecular flexibility index (Phi) is 6.81.